The number of nitrogens with one attached hydrogen (secondary N) is 1. The molecule has 1 aliphatic heterocycles. The quantitative estimate of drug-likeness (QED) is 0.187. The summed E-state index contributed by atoms with van der Waals surface area (Å²) in [5.74, 6) is -0.325. The van der Waals surface area contributed by atoms with Gasteiger partial charge in [0.15, 0.2) is 0 Å². The molecular formula is C26H53N3O2+2. The van der Waals surface area contributed by atoms with Gasteiger partial charge in [-0.15, -0.1) is 0 Å². The minimum absolute atomic E-state index is 0.224. The van der Waals surface area contributed by atoms with Crippen molar-refractivity contribution in [1.29, 1.82) is 0 Å². The van der Waals surface area contributed by atoms with Crippen LogP contribution >= 0.6 is 0 Å². The van der Waals surface area contributed by atoms with Crippen LogP contribution in [0.25, 0.3) is 0 Å². The molecule has 0 bridgehead atoms. The highest BCUT2D eigenvalue weighted by Gasteiger charge is 2.44. The van der Waals surface area contributed by atoms with Crippen molar-refractivity contribution < 1.29 is 18.5 Å². The molecule has 5 nitrogen and oxygen atoms in total. The van der Waals surface area contributed by atoms with Crippen molar-refractivity contribution >= 4 is 5.97 Å². The van der Waals surface area contributed by atoms with Crippen LogP contribution in [0, 0.1) is 0 Å². The van der Waals surface area contributed by atoms with E-state index >= 15 is 0 Å². The molecule has 1 N–H and O–H groups in total. The minimum Gasteiger partial charge on any atom is -0.457 e. The third-order valence-electron chi connectivity index (χ3n) is 7.01. The average Bonchev–Trinajstić information content (AvgIpc) is 2.61. The van der Waals surface area contributed by atoms with Crippen molar-refractivity contribution in [1.82, 2.24) is 5.32 Å². The standard InChI is InChI=1S/C26H53N3O2/c1-10-24(30)31-20-19-28(6,7)17-15-13-11-12-14-16-18-29(8,9)23-21-25(2,3)27-26(4,5)22-23/h10,23,27H,1,11-22H2,2-9H3/q+2. The molecule has 1 saturated heterocycles. The zero-order valence-electron chi connectivity index (χ0n) is 22.1. The van der Waals surface area contributed by atoms with Crippen LogP contribution in [-0.2, 0) is 9.53 Å². The van der Waals surface area contributed by atoms with Crippen molar-refractivity contribution in [3.8, 4) is 0 Å². The number of carbonyl (C=O) groups excluding carboxylic acids is 1. The summed E-state index contributed by atoms with van der Waals surface area (Å²) in [7, 11) is 9.30. The van der Waals surface area contributed by atoms with E-state index in [0.717, 1.165) is 28.1 Å². The Labute approximate surface area is 193 Å². The molecule has 0 atom stereocenters. The SMILES string of the molecule is C=CC(=O)OCC[N+](C)(C)CCCCCCCC[N+](C)(C)C1CC(C)(C)NC(C)(C)C1. The number of esters is 1. The van der Waals surface area contributed by atoms with Crippen molar-refractivity contribution in [2.45, 2.75) is 96.2 Å². The Balaban J connectivity index is 2.19. The summed E-state index contributed by atoms with van der Waals surface area (Å²) in [4.78, 5) is 11.1. The second kappa shape index (κ2) is 11.8. The zero-order chi connectivity index (χ0) is 23.8. The number of quaternary nitrogens is 2. The molecule has 182 valence electrons. The second-order valence-corrected chi connectivity index (χ2v) is 12.3. The van der Waals surface area contributed by atoms with Gasteiger partial charge in [-0.3, -0.25) is 0 Å². The van der Waals surface area contributed by atoms with Crippen molar-refractivity contribution in [3.63, 3.8) is 0 Å². The van der Waals surface area contributed by atoms with Crippen molar-refractivity contribution in [2.24, 2.45) is 0 Å². The van der Waals surface area contributed by atoms with Gasteiger partial charge in [0.2, 0.25) is 0 Å². The number of nitrogens with zero attached hydrogens (tertiary/aromatic N) is 2. The molecule has 0 aromatic rings. The largest absolute Gasteiger partial charge is 0.457 e. The molecule has 1 heterocycles. The summed E-state index contributed by atoms with van der Waals surface area (Å²) in [6.45, 7) is 16.6. The maximum atomic E-state index is 11.1. The zero-order valence-corrected chi connectivity index (χ0v) is 22.1. The van der Waals surface area contributed by atoms with Gasteiger partial charge in [-0.25, -0.2) is 4.79 Å². The Morgan fingerprint density at radius 1 is 0.903 bits per heavy atom. The monoisotopic (exact) mass is 439 g/mol. The molecule has 0 aromatic heterocycles. The van der Waals surface area contributed by atoms with E-state index in [2.05, 4.69) is 67.8 Å². The lowest BCUT2D eigenvalue weighted by Gasteiger charge is -2.51. The summed E-state index contributed by atoms with van der Waals surface area (Å²) in [5, 5.41) is 3.82. The van der Waals surface area contributed by atoms with Crippen molar-refractivity contribution in [2.75, 3.05) is 54.4 Å². The maximum Gasteiger partial charge on any atom is 0.330 e. The Hall–Kier alpha value is -0.910. The molecule has 0 aliphatic carbocycles. The summed E-state index contributed by atoms with van der Waals surface area (Å²) in [6, 6.07) is 0.733. The van der Waals surface area contributed by atoms with Crippen molar-refractivity contribution in [3.05, 3.63) is 12.7 Å². The van der Waals surface area contributed by atoms with Crippen LogP contribution in [0.3, 0.4) is 0 Å². The molecule has 0 spiro atoms. The lowest BCUT2D eigenvalue weighted by molar-refractivity contribution is -0.917. The Morgan fingerprint density at radius 3 is 1.90 bits per heavy atom. The summed E-state index contributed by atoms with van der Waals surface area (Å²) >= 11 is 0. The van der Waals surface area contributed by atoms with Gasteiger partial charge in [0, 0.05) is 30.0 Å². The molecule has 0 saturated carbocycles. The highest BCUT2D eigenvalue weighted by Crippen LogP contribution is 2.33. The highest BCUT2D eigenvalue weighted by atomic mass is 16.5. The Morgan fingerprint density at radius 2 is 1.39 bits per heavy atom. The van der Waals surface area contributed by atoms with Gasteiger partial charge >= 0.3 is 5.97 Å². The first-order valence-electron chi connectivity index (χ1n) is 12.4. The van der Waals surface area contributed by atoms with E-state index in [4.69, 9.17) is 4.74 Å². The molecule has 5 heteroatoms. The van der Waals surface area contributed by atoms with Crippen LogP contribution in [-0.4, -0.2) is 86.5 Å². The fraction of sp³-hybridized carbons (Fsp3) is 0.885. The molecule has 31 heavy (non-hydrogen) atoms. The number of carbonyl (C=O) groups is 1. The number of ether oxygens (including phenoxy) is 1. The average molecular weight is 440 g/mol. The van der Waals surface area contributed by atoms with Gasteiger partial charge in [-0.05, 0) is 53.4 Å². The van der Waals surface area contributed by atoms with Gasteiger partial charge in [0.05, 0.1) is 47.3 Å². The van der Waals surface area contributed by atoms with Crippen LogP contribution in [0.15, 0.2) is 12.7 Å². The summed E-state index contributed by atoms with van der Waals surface area (Å²) < 4.78 is 7.17. The molecule has 1 rings (SSSR count). The van der Waals surface area contributed by atoms with Crippen LogP contribution in [0.4, 0.5) is 0 Å². The van der Waals surface area contributed by atoms with E-state index in [0.29, 0.717) is 6.61 Å². The third kappa shape index (κ3) is 11.5. The van der Waals surface area contributed by atoms with Crippen LogP contribution in [0.2, 0.25) is 0 Å². The first-order chi connectivity index (χ1) is 14.2. The number of likely N-dealkylation sites (N-methyl/N-ethyl adjacent to an activating group) is 1. The maximum absolute atomic E-state index is 11.1. The van der Waals surface area contributed by atoms with Gasteiger partial charge in [0.1, 0.15) is 13.2 Å². The molecule has 1 aliphatic rings. The minimum atomic E-state index is -0.325. The topological polar surface area (TPSA) is 38.3 Å². The normalized spacial score (nSPS) is 19.2. The number of unbranched alkanes of at least 4 members (excludes halogenated alkanes) is 5. The third-order valence-corrected chi connectivity index (χ3v) is 7.01. The molecule has 0 unspecified atom stereocenters. The predicted molar refractivity (Wildman–Crippen MR) is 132 cm³/mol. The van der Waals surface area contributed by atoms with E-state index in [1.165, 1.54) is 64.0 Å². The van der Waals surface area contributed by atoms with Gasteiger partial charge in [-0.2, -0.15) is 0 Å². The van der Waals surface area contributed by atoms with E-state index in [-0.39, 0.29) is 17.0 Å². The predicted octanol–water partition coefficient (Wildman–Crippen LogP) is 4.52. The number of hydrogen-bond donors (Lipinski definition) is 1. The van der Waals surface area contributed by atoms with Crippen LogP contribution < -0.4 is 5.32 Å². The first kappa shape index (κ1) is 28.1. The fourth-order valence-electron chi connectivity index (χ4n) is 5.28. The first-order valence-corrected chi connectivity index (χ1v) is 12.4. The van der Waals surface area contributed by atoms with Gasteiger partial charge < -0.3 is 19.0 Å². The lowest BCUT2D eigenvalue weighted by atomic mass is 9.78. The number of rotatable bonds is 14. The second-order valence-electron chi connectivity index (χ2n) is 12.3. The van der Waals surface area contributed by atoms with E-state index in [1.807, 2.05) is 0 Å². The lowest BCUT2D eigenvalue weighted by Crippen LogP contribution is -2.65. The summed E-state index contributed by atoms with van der Waals surface area (Å²) in [6.07, 6.45) is 11.6. The number of hydrogen-bond acceptors (Lipinski definition) is 3. The molecular weight excluding hydrogens is 386 g/mol. The van der Waals surface area contributed by atoms with E-state index in [9.17, 15) is 4.79 Å². The molecule has 1 fully saturated rings. The number of piperidine rings is 1. The Bertz CT molecular complexity index is 551. The van der Waals surface area contributed by atoms with Crippen LogP contribution in [0.5, 0.6) is 0 Å². The van der Waals surface area contributed by atoms with Crippen LogP contribution in [0.1, 0.15) is 79.1 Å². The Kier molecular flexibility index (Phi) is 10.7. The van der Waals surface area contributed by atoms with Gasteiger partial charge in [0.25, 0.3) is 0 Å². The highest BCUT2D eigenvalue weighted by molar-refractivity contribution is 5.81. The fourth-order valence-corrected chi connectivity index (χ4v) is 5.28. The molecule has 0 amide bonds. The van der Waals surface area contributed by atoms with Gasteiger partial charge in [-0.1, -0.05) is 19.4 Å². The van der Waals surface area contributed by atoms with E-state index < -0.39 is 0 Å². The summed E-state index contributed by atoms with van der Waals surface area (Å²) in [5.41, 5.74) is 0.447. The smallest absolute Gasteiger partial charge is 0.330 e. The molecule has 0 aromatic carbocycles. The molecule has 0 radical (unpaired) electrons. The van der Waals surface area contributed by atoms with E-state index in [1.54, 1.807) is 0 Å².